The van der Waals surface area contributed by atoms with Crippen molar-refractivity contribution in [3.05, 3.63) is 35.9 Å². The van der Waals surface area contributed by atoms with Crippen molar-refractivity contribution < 1.29 is 5.11 Å². The van der Waals surface area contributed by atoms with E-state index < -0.39 is 0 Å². The number of benzene rings is 1. The van der Waals surface area contributed by atoms with E-state index in [0.717, 1.165) is 18.3 Å². The minimum Gasteiger partial charge on any atom is -0.393 e. The zero-order valence-corrected chi connectivity index (χ0v) is 8.26. The van der Waals surface area contributed by atoms with E-state index in [1.54, 1.807) is 0 Å². The molecule has 2 fully saturated rings. The van der Waals surface area contributed by atoms with Gasteiger partial charge >= 0.3 is 0 Å². The zero-order valence-electron chi connectivity index (χ0n) is 8.26. The molecule has 0 radical (unpaired) electrons. The van der Waals surface area contributed by atoms with Gasteiger partial charge in [-0.2, -0.15) is 0 Å². The Hall–Kier alpha value is -0.820. The third-order valence-corrected chi connectivity index (χ3v) is 4.05. The van der Waals surface area contributed by atoms with Crippen molar-refractivity contribution >= 4 is 0 Å². The lowest BCUT2D eigenvalue weighted by Gasteiger charge is -2.25. The molecule has 0 aliphatic heterocycles. The fourth-order valence-electron chi connectivity index (χ4n) is 3.35. The van der Waals surface area contributed by atoms with E-state index in [0.29, 0.717) is 5.92 Å². The summed E-state index contributed by atoms with van der Waals surface area (Å²) in [7, 11) is 0. The Morgan fingerprint density at radius 1 is 0.929 bits per heavy atom. The molecule has 0 saturated heterocycles. The highest BCUT2D eigenvalue weighted by atomic mass is 16.3. The van der Waals surface area contributed by atoms with Crippen molar-refractivity contribution in [2.75, 3.05) is 0 Å². The van der Waals surface area contributed by atoms with E-state index in [2.05, 4.69) is 30.3 Å². The second-order valence-electron chi connectivity index (χ2n) is 4.81. The summed E-state index contributed by atoms with van der Waals surface area (Å²) in [6.07, 6.45) is 3.49. The number of aliphatic hydroxyl groups excluding tert-OH is 1. The standard InChI is InChI=1S/C13H16O/c14-13-8-10-6-11(13)7-12(10)9-4-2-1-3-5-9/h1-5,10-14H,6-8H2. The van der Waals surface area contributed by atoms with Crippen LogP contribution in [-0.4, -0.2) is 11.2 Å². The molecule has 2 saturated carbocycles. The summed E-state index contributed by atoms with van der Waals surface area (Å²) in [5, 5.41) is 9.68. The molecule has 2 bridgehead atoms. The van der Waals surface area contributed by atoms with E-state index in [1.807, 2.05) is 0 Å². The highest BCUT2D eigenvalue weighted by Crippen LogP contribution is 2.52. The maximum Gasteiger partial charge on any atom is 0.0571 e. The molecule has 14 heavy (non-hydrogen) atoms. The van der Waals surface area contributed by atoms with Gasteiger partial charge in [0.05, 0.1) is 6.10 Å². The maximum absolute atomic E-state index is 9.68. The van der Waals surface area contributed by atoms with Gasteiger partial charge in [-0.25, -0.2) is 0 Å². The van der Waals surface area contributed by atoms with Crippen LogP contribution in [-0.2, 0) is 0 Å². The summed E-state index contributed by atoms with van der Waals surface area (Å²) < 4.78 is 0. The SMILES string of the molecule is OC1CC2CC1CC2c1ccccc1. The predicted molar refractivity (Wildman–Crippen MR) is 56.0 cm³/mol. The van der Waals surface area contributed by atoms with Crippen LogP contribution < -0.4 is 0 Å². The molecule has 0 heterocycles. The van der Waals surface area contributed by atoms with Crippen molar-refractivity contribution in [1.82, 2.24) is 0 Å². The molecular weight excluding hydrogens is 172 g/mol. The minimum absolute atomic E-state index is 0.0000350. The number of fused-ring (bicyclic) bond motifs is 2. The zero-order chi connectivity index (χ0) is 9.54. The van der Waals surface area contributed by atoms with E-state index in [-0.39, 0.29) is 6.10 Å². The van der Waals surface area contributed by atoms with E-state index in [4.69, 9.17) is 0 Å². The molecule has 2 aliphatic carbocycles. The number of hydrogen-bond acceptors (Lipinski definition) is 1. The molecule has 2 aliphatic rings. The van der Waals surface area contributed by atoms with Crippen molar-refractivity contribution in [3.63, 3.8) is 0 Å². The minimum atomic E-state index is -0.0000350. The molecule has 1 aromatic carbocycles. The molecule has 0 amide bonds. The summed E-state index contributed by atoms with van der Waals surface area (Å²) >= 11 is 0. The van der Waals surface area contributed by atoms with Crippen LogP contribution in [0.4, 0.5) is 0 Å². The molecule has 1 aromatic rings. The average Bonchev–Trinajstić information content (AvgIpc) is 2.77. The summed E-state index contributed by atoms with van der Waals surface area (Å²) in [6.45, 7) is 0. The first kappa shape index (κ1) is 8.49. The molecule has 1 N–H and O–H groups in total. The van der Waals surface area contributed by atoms with Crippen LogP contribution in [0.15, 0.2) is 30.3 Å². The lowest BCUT2D eigenvalue weighted by atomic mass is 9.82. The number of aliphatic hydroxyl groups is 1. The van der Waals surface area contributed by atoms with Crippen LogP contribution in [0.3, 0.4) is 0 Å². The van der Waals surface area contributed by atoms with Gasteiger partial charge in [-0.05, 0) is 42.6 Å². The number of hydrogen-bond donors (Lipinski definition) is 1. The second kappa shape index (κ2) is 3.09. The van der Waals surface area contributed by atoms with Crippen LogP contribution in [0.2, 0.25) is 0 Å². The van der Waals surface area contributed by atoms with Gasteiger partial charge in [-0.3, -0.25) is 0 Å². The van der Waals surface area contributed by atoms with Crippen LogP contribution in [0.1, 0.15) is 30.7 Å². The highest BCUT2D eigenvalue weighted by Gasteiger charge is 2.45. The molecule has 0 spiro atoms. The Morgan fingerprint density at radius 3 is 2.29 bits per heavy atom. The fraction of sp³-hybridized carbons (Fsp3) is 0.538. The molecule has 74 valence electrons. The Bertz CT molecular complexity index is 317. The molecular formula is C13H16O. The Labute approximate surface area is 84.8 Å². The Kier molecular flexibility index (Phi) is 1.88. The number of rotatable bonds is 1. The molecule has 0 aromatic heterocycles. The van der Waals surface area contributed by atoms with Crippen molar-refractivity contribution in [3.8, 4) is 0 Å². The maximum atomic E-state index is 9.68. The summed E-state index contributed by atoms with van der Waals surface area (Å²) in [5.41, 5.74) is 1.48. The summed E-state index contributed by atoms with van der Waals surface area (Å²) in [5.74, 6) is 2.06. The third kappa shape index (κ3) is 1.19. The topological polar surface area (TPSA) is 20.2 Å². The van der Waals surface area contributed by atoms with Gasteiger partial charge < -0.3 is 5.11 Å². The average molecular weight is 188 g/mol. The van der Waals surface area contributed by atoms with Crippen LogP contribution in [0, 0.1) is 11.8 Å². The van der Waals surface area contributed by atoms with E-state index in [9.17, 15) is 5.11 Å². The van der Waals surface area contributed by atoms with Gasteiger partial charge in [0.25, 0.3) is 0 Å². The van der Waals surface area contributed by atoms with Crippen molar-refractivity contribution in [2.45, 2.75) is 31.3 Å². The lowest BCUT2D eigenvalue weighted by Crippen LogP contribution is -2.20. The van der Waals surface area contributed by atoms with Gasteiger partial charge in [-0.1, -0.05) is 30.3 Å². The van der Waals surface area contributed by atoms with Crippen molar-refractivity contribution in [1.29, 1.82) is 0 Å². The smallest absolute Gasteiger partial charge is 0.0571 e. The van der Waals surface area contributed by atoms with Gasteiger partial charge in [0.15, 0.2) is 0 Å². The molecule has 4 atom stereocenters. The van der Waals surface area contributed by atoms with Crippen molar-refractivity contribution in [2.24, 2.45) is 11.8 Å². The highest BCUT2D eigenvalue weighted by molar-refractivity contribution is 5.23. The second-order valence-corrected chi connectivity index (χ2v) is 4.81. The summed E-state index contributed by atoms with van der Waals surface area (Å²) in [4.78, 5) is 0. The Balaban J connectivity index is 1.84. The third-order valence-electron chi connectivity index (χ3n) is 4.05. The first-order valence-electron chi connectivity index (χ1n) is 5.57. The van der Waals surface area contributed by atoms with E-state index >= 15 is 0 Å². The van der Waals surface area contributed by atoms with Crippen LogP contribution >= 0.6 is 0 Å². The largest absolute Gasteiger partial charge is 0.393 e. The molecule has 3 rings (SSSR count). The Morgan fingerprint density at radius 2 is 1.71 bits per heavy atom. The van der Waals surface area contributed by atoms with Gasteiger partial charge in [0.1, 0.15) is 0 Å². The summed E-state index contributed by atoms with van der Waals surface area (Å²) in [6, 6.07) is 10.8. The van der Waals surface area contributed by atoms with Gasteiger partial charge in [0.2, 0.25) is 0 Å². The first-order valence-corrected chi connectivity index (χ1v) is 5.57. The normalized spacial score (nSPS) is 40.4. The fourth-order valence-corrected chi connectivity index (χ4v) is 3.35. The monoisotopic (exact) mass is 188 g/mol. The quantitative estimate of drug-likeness (QED) is 0.718. The van der Waals surface area contributed by atoms with Crippen LogP contribution in [0.5, 0.6) is 0 Å². The van der Waals surface area contributed by atoms with E-state index in [1.165, 1.54) is 18.4 Å². The predicted octanol–water partition coefficient (Wildman–Crippen LogP) is 2.56. The molecule has 1 nitrogen and oxygen atoms in total. The molecule has 1 heteroatoms. The first-order chi connectivity index (χ1) is 6.84. The van der Waals surface area contributed by atoms with Crippen LogP contribution in [0.25, 0.3) is 0 Å². The lowest BCUT2D eigenvalue weighted by molar-refractivity contribution is 0.107. The molecule has 4 unspecified atom stereocenters. The van der Waals surface area contributed by atoms with Gasteiger partial charge in [-0.15, -0.1) is 0 Å². The van der Waals surface area contributed by atoms with Gasteiger partial charge in [0, 0.05) is 0 Å².